The molecule has 0 aliphatic heterocycles. The Bertz CT molecular complexity index is 1340. The second-order valence-electron chi connectivity index (χ2n) is 7.52. The fourth-order valence-electron chi connectivity index (χ4n) is 3.85. The number of hydrogen-bond acceptors (Lipinski definition) is 3. The number of pyridine rings is 1. The Morgan fingerprint density at radius 2 is 1.81 bits per heavy atom. The number of aryl methyl sites for hydroxylation is 2. The van der Waals surface area contributed by atoms with Crippen LogP contribution in [-0.4, -0.2) is 17.6 Å². The van der Waals surface area contributed by atoms with Gasteiger partial charge in [-0.3, -0.25) is 9.59 Å². The summed E-state index contributed by atoms with van der Waals surface area (Å²) in [5.74, 6) is 0.471. The topological polar surface area (TPSA) is 60.3 Å². The number of fused-ring (bicyclic) bond motifs is 2. The van der Waals surface area contributed by atoms with Crippen molar-refractivity contribution in [2.24, 2.45) is 0 Å². The lowest BCUT2D eigenvalue weighted by Gasteiger charge is -2.15. The molecular formula is C25H23ClN2O3. The number of methoxy groups -OCH3 is 1. The van der Waals surface area contributed by atoms with Crippen LogP contribution in [0, 0.1) is 6.92 Å². The maximum atomic E-state index is 13.0. The zero-order chi connectivity index (χ0) is 22.0. The fourth-order valence-corrected chi connectivity index (χ4v) is 4.11. The molecule has 6 heteroatoms. The van der Waals surface area contributed by atoms with Crippen molar-refractivity contribution in [1.82, 2.24) is 4.57 Å². The van der Waals surface area contributed by atoms with Gasteiger partial charge >= 0.3 is 0 Å². The molecule has 5 nitrogen and oxygen atoms in total. The number of hydrogen-bond donors (Lipinski definition) is 1. The van der Waals surface area contributed by atoms with E-state index in [2.05, 4.69) is 9.88 Å². The molecular weight excluding hydrogens is 412 g/mol. The molecule has 1 N–H and O–H groups in total. The molecule has 4 rings (SSSR count). The summed E-state index contributed by atoms with van der Waals surface area (Å²) in [4.78, 5) is 25.4. The van der Waals surface area contributed by atoms with Crippen molar-refractivity contribution < 1.29 is 9.53 Å². The van der Waals surface area contributed by atoms with Gasteiger partial charge in [-0.25, -0.2) is 0 Å². The Labute approximate surface area is 185 Å². The standard InChI is InChI=1S/C25H23ClN2O3/c1-16-9-11-22-19(14-16)25(30)18-6-3-4-7-21(18)28(22)13-5-8-24(29)27-17-10-12-23(31-2)20(26)15-17/h3-4,6-7,9-12,14-15H,5,8,13H2,1-2H3,(H,27,29). The zero-order valence-corrected chi connectivity index (χ0v) is 18.2. The summed E-state index contributed by atoms with van der Waals surface area (Å²) >= 11 is 6.13. The number of rotatable bonds is 6. The lowest BCUT2D eigenvalue weighted by molar-refractivity contribution is -0.116. The molecule has 0 atom stereocenters. The summed E-state index contributed by atoms with van der Waals surface area (Å²) in [5.41, 5.74) is 3.48. The van der Waals surface area contributed by atoms with Gasteiger partial charge in [0.05, 0.1) is 23.2 Å². The number of aromatic nitrogens is 1. The first-order valence-electron chi connectivity index (χ1n) is 10.1. The maximum absolute atomic E-state index is 13.0. The largest absolute Gasteiger partial charge is 0.495 e. The minimum atomic E-state index is -0.0910. The third-order valence-electron chi connectivity index (χ3n) is 5.35. The van der Waals surface area contributed by atoms with Crippen LogP contribution in [0.3, 0.4) is 0 Å². The maximum Gasteiger partial charge on any atom is 0.224 e. The lowest BCUT2D eigenvalue weighted by Crippen LogP contribution is -2.15. The van der Waals surface area contributed by atoms with Crippen LogP contribution in [0.15, 0.2) is 65.5 Å². The second-order valence-corrected chi connectivity index (χ2v) is 7.93. The average molecular weight is 435 g/mol. The molecule has 3 aromatic carbocycles. The summed E-state index contributed by atoms with van der Waals surface area (Å²) in [7, 11) is 1.55. The van der Waals surface area contributed by atoms with Crippen molar-refractivity contribution >= 4 is 45.0 Å². The molecule has 158 valence electrons. The lowest BCUT2D eigenvalue weighted by atomic mass is 10.1. The molecule has 0 unspecified atom stereocenters. The Kier molecular flexibility index (Phi) is 5.96. The Hall–Kier alpha value is -3.31. The van der Waals surface area contributed by atoms with E-state index in [0.29, 0.717) is 46.6 Å². The highest BCUT2D eigenvalue weighted by Crippen LogP contribution is 2.27. The summed E-state index contributed by atoms with van der Waals surface area (Å²) in [6, 6.07) is 18.7. The van der Waals surface area contributed by atoms with E-state index in [1.54, 1.807) is 25.3 Å². The summed E-state index contributed by atoms with van der Waals surface area (Å²) in [5, 5.41) is 4.72. The number of halogens is 1. The van der Waals surface area contributed by atoms with Gasteiger partial charge in [0.1, 0.15) is 5.75 Å². The third-order valence-corrected chi connectivity index (χ3v) is 5.64. The van der Waals surface area contributed by atoms with Gasteiger partial charge in [0, 0.05) is 29.4 Å². The van der Waals surface area contributed by atoms with E-state index >= 15 is 0 Å². The minimum Gasteiger partial charge on any atom is -0.495 e. The SMILES string of the molecule is COc1ccc(NC(=O)CCCn2c3ccccc3c(=O)c3cc(C)ccc32)cc1Cl. The van der Waals surface area contributed by atoms with Crippen molar-refractivity contribution in [3.63, 3.8) is 0 Å². The first-order valence-corrected chi connectivity index (χ1v) is 10.5. The van der Waals surface area contributed by atoms with E-state index in [1.165, 1.54) is 0 Å². The Morgan fingerprint density at radius 3 is 2.58 bits per heavy atom. The van der Waals surface area contributed by atoms with E-state index < -0.39 is 0 Å². The van der Waals surface area contributed by atoms with Crippen LogP contribution in [0.5, 0.6) is 5.75 Å². The van der Waals surface area contributed by atoms with Gasteiger partial charge in [-0.15, -0.1) is 0 Å². The Balaban J connectivity index is 1.55. The van der Waals surface area contributed by atoms with Crippen molar-refractivity contribution in [1.29, 1.82) is 0 Å². The number of nitrogens with one attached hydrogen (secondary N) is 1. The molecule has 0 aliphatic rings. The van der Waals surface area contributed by atoms with Gasteiger partial charge in [0.2, 0.25) is 5.91 Å². The van der Waals surface area contributed by atoms with Crippen LogP contribution in [0.2, 0.25) is 5.02 Å². The summed E-state index contributed by atoms with van der Waals surface area (Å²) in [6.07, 6.45) is 0.975. The van der Waals surface area contributed by atoms with Crippen LogP contribution >= 0.6 is 11.6 Å². The van der Waals surface area contributed by atoms with Crippen molar-refractivity contribution in [3.8, 4) is 5.75 Å². The molecule has 31 heavy (non-hydrogen) atoms. The van der Waals surface area contributed by atoms with Gasteiger partial charge in [0.15, 0.2) is 5.43 Å². The molecule has 1 amide bonds. The third kappa shape index (κ3) is 4.28. The van der Waals surface area contributed by atoms with Crippen molar-refractivity contribution in [2.45, 2.75) is 26.3 Å². The fraction of sp³-hybridized carbons (Fsp3) is 0.200. The molecule has 0 fully saturated rings. The quantitative estimate of drug-likeness (QED) is 0.405. The van der Waals surface area contributed by atoms with E-state index in [-0.39, 0.29) is 11.3 Å². The second kappa shape index (κ2) is 8.82. The number of benzene rings is 3. The summed E-state index contributed by atoms with van der Waals surface area (Å²) in [6.45, 7) is 2.60. The molecule has 0 saturated heterocycles. The van der Waals surface area contributed by atoms with Crippen LogP contribution in [0.1, 0.15) is 18.4 Å². The van der Waals surface area contributed by atoms with Crippen molar-refractivity contribution in [2.75, 3.05) is 12.4 Å². The number of amides is 1. The van der Waals surface area contributed by atoms with Crippen LogP contribution in [0.4, 0.5) is 5.69 Å². The molecule has 1 heterocycles. The van der Waals surface area contributed by atoms with Crippen LogP contribution < -0.4 is 15.5 Å². The first-order chi connectivity index (χ1) is 15.0. The van der Waals surface area contributed by atoms with Crippen molar-refractivity contribution in [3.05, 3.63) is 81.5 Å². The molecule has 4 aromatic rings. The first kappa shape index (κ1) is 20.9. The van der Waals surface area contributed by atoms with E-state index in [4.69, 9.17) is 16.3 Å². The molecule has 1 aromatic heterocycles. The molecule has 0 bridgehead atoms. The number of para-hydroxylation sites is 1. The van der Waals surface area contributed by atoms with E-state index in [0.717, 1.165) is 16.6 Å². The van der Waals surface area contributed by atoms with E-state index in [9.17, 15) is 9.59 Å². The highest BCUT2D eigenvalue weighted by atomic mass is 35.5. The summed E-state index contributed by atoms with van der Waals surface area (Å²) < 4.78 is 7.26. The van der Waals surface area contributed by atoms with Crippen LogP contribution in [0.25, 0.3) is 21.8 Å². The van der Waals surface area contributed by atoms with Gasteiger partial charge in [-0.1, -0.05) is 35.4 Å². The minimum absolute atomic E-state index is 0.0414. The monoisotopic (exact) mass is 434 g/mol. The average Bonchev–Trinajstić information content (AvgIpc) is 2.76. The predicted molar refractivity (Wildman–Crippen MR) is 126 cm³/mol. The van der Waals surface area contributed by atoms with E-state index in [1.807, 2.05) is 49.4 Å². The van der Waals surface area contributed by atoms with Gasteiger partial charge in [0.25, 0.3) is 0 Å². The van der Waals surface area contributed by atoms with Crippen LogP contribution in [-0.2, 0) is 11.3 Å². The molecule has 0 spiro atoms. The highest BCUT2D eigenvalue weighted by Gasteiger charge is 2.12. The van der Waals surface area contributed by atoms with Gasteiger partial charge in [-0.05, 0) is 55.8 Å². The number of carbonyl (C=O) groups is 1. The van der Waals surface area contributed by atoms with Gasteiger partial charge in [-0.2, -0.15) is 0 Å². The number of carbonyl (C=O) groups excluding carboxylic acids is 1. The smallest absolute Gasteiger partial charge is 0.224 e. The predicted octanol–water partition coefficient (Wildman–Crippen LogP) is 5.54. The Morgan fingerprint density at radius 1 is 1.03 bits per heavy atom. The molecule has 0 aliphatic carbocycles. The normalized spacial score (nSPS) is 11.1. The highest BCUT2D eigenvalue weighted by molar-refractivity contribution is 6.32. The number of nitrogens with zero attached hydrogens (tertiary/aromatic N) is 1. The number of anilines is 1. The van der Waals surface area contributed by atoms with Gasteiger partial charge < -0.3 is 14.6 Å². The number of ether oxygens (including phenoxy) is 1. The molecule has 0 saturated carbocycles. The zero-order valence-electron chi connectivity index (χ0n) is 17.4. The molecule has 0 radical (unpaired) electrons.